The number of aromatic nitrogens is 2. The molecule has 0 aliphatic heterocycles. The van der Waals surface area contributed by atoms with Crippen LogP contribution < -0.4 is 0 Å². The lowest BCUT2D eigenvalue weighted by Crippen LogP contribution is -2.22. The molecule has 0 N–H and O–H groups in total. The van der Waals surface area contributed by atoms with Gasteiger partial charge in [-0.3, -0.25) is 4.68 Å². The van der Waals surface area contributed by atoms with Gasteiger partial charge in [-0.1, -0.05) is 25.4 Å². The summed E-state index contributed by atoms with van der Waals surface area (Å²) in [5.41, 5.74) is 2.13. The normalized spacial score (nSPS) is 15.1. The number of nitrogens with zero attached hydrogens (tertiary/aromatic N) is 2. The Labute approximate surface area is 108 Å². The third kappa shape index (κ3) is 2.72. The van der Waals surface area contributed by atoms with Crippen molar-refractivity contribution in [1.29, 1.82) is 0 Å². The first kappa shape index (κ1) is 13.9. The summed E-state index contributed by atoms with van der Waals surface area (Å²) in [7, 11) is 0. The Kier molecular flexibility index (Phi) is 4.69. The molecule has 0 saturated carbocycles. The van der Waals surface area contributed by atoms with Crippen LogP contribution in [0.15, 0.2) is 0 Å². The first-order valence-electron chi connectivity index (χ1n) is 5.75. The Balaban J connectivity index is 3.04. The Morgan fingerprint density at radius 1 is 1.38 bits per heavy atom. The van der Waals surface area contributed by atoms with Gasteiger partial charge in [-0.05, 0) is 32.1 Å². The first-order valence-corrected chi connectivity index (χ1v) is 6.66. The Hall–Kier alpha value is -0.210. The third-order valence-electron chi connectivity index (χ3n) is 3.22. The van der Waals surface area contributed by atoms with Crippen LogP contribution in [-0.2, 0) is 13.0 Å². The van der Waals surface area contributed by atoms with Crippen LogP contribution in [0.1, 0.15) is 38.6 Å². The highest BCUT2D eigenvalue weighted by molar-refractivity contribution is 6.31. The number of halogens is 2. The van der Waals surface area contributed by atoms with Gasteiger partial charge in [-0.25, -0.2) is 0 Å². The van der Waals surface area contributed by atoms with Crippen molar-refractivity contribution >= 4 is 23.2 Å². The van der Waals surface area contributed by atoms with Gasteiger partial charge in [0.25, 0.3) is 0 Å². The summed E-state index contributed by atoms with van der Waals surface area (Å²) in [6.07, 6.45) is 1.93. The predicted molar refractivity (Wildman–Crippen MR) is 70.5 cm³/mol. The fourth-order valence-electron chi connectivity index (χ4n) is 1.71. The maximum absolute atomic E-state index is 6.29. The van der Waals surface area contributed by atoms with Gasteiger partial charge >= 0.3 is 0 Å². The number of rotatable bonds is 5. The van der Waals surface area contributed by atoms with Crippen LogP contribution in [0.2, 0.25) is 5.02 Å². The van der Waals surface area contributed by atoms with E-state index in [-0.39, 0.29) is 5.41 Å². The summed E-state index contributed by atoms with van der Waals surface area (Å²) >= 11 is 12.3. The molecule has 2 nitrogen and oxygen atoms in total. The van der Waals surface area contributed by atoms with E-state index in [9.17, 15) is 0 Å². The fourth-order valence-corrected chi connectivity index (χ4v) is 2.19. The molecule has 0 bridgehead atoms. The average Bonchev–Trinajstić information content (AvgIpc) is 2.56. The van der Waals surface area contributed by atoms with Gasteiger partial charge < -0.3 is 0 Å². The summed E-state index contributed by atoms with van der Waals surface area (Å²) in [6.45, 7) is 9.23. The van der Waals surface area contributed by atoms with Crippen molar-refractivity contribution in [2.45, 2.75) is 47.1 Å². The molecule has 0 fully saturated rings. The molecule has 0 aromatic carbocycles. The van der Waals surface area contributed by atoms with Crippen LogP contribution in [0.3, 0.4) is 0 Å². The van der Waals surface area contributed by atoms with E-state index < -0.39 is 0 Å². The predicted octanol–water partition coefficient (Wildman–Crippen LogP) is 4.06. The Bertz CT molecular complexity index is 354. The molecule has 92 valence electrons. The second-order valence-electron chi connectivity index (χ2n) is 4.64. The molecule has 16 heavy (non-hydrogen) atoms. The molecule has 0 aliphatic rings. The van der Waals surface area contributed by atoms with Gasteiger partial charge in [0.05, 0.1) is 16.4 Å². The fraction of sp³-hybridized carbons (Fsp3) is 0.750. The van der Waals surface area contributed by atoms with Crippen molar-refractivity contribution in [3.63, 3.8) is 0 Å². The van der Waals surface area contributed by atoms with E-state index in [1.807, 2.05) is 11.6 Å². The van der Waals surface area contributed by atoms with Crippen molar-refractivity contribution in [1.82, 2.24) is 9.78 Å². The summed E-state index contributed by atoms with van der Waals surface area (Å²) in [5.74, 6) is 0.647. The van der Waals surface area contributed by atoms with Crippen molar-refractivity contribution in [2.75, 3.05) is 5.88 Å². The molecule has 0 saturated heterocycles. The molecule has 1 atom stereocenters. The highest BCUT2D eigenvalue weighted by atomic mass is 35.5. The monoisotopic (exact) mass is 262 g/mol. The molecule has 0 amide bonds. The van der Waals surface area contributed by atoms with Crippen LogP contribution in [-0.4, -0.2) is 15.7 Å². The zero-order valence-corrected chi connectivity index (χ0v) is 12.0. The largest absolute Gasteiger partial charge is 0.268 e. The molecule has 0 radical (unpaired) electrons. The number of aryl methyl sites for hydroxylation is 2. The van der Waals surface area contributed by atoms with Gasteiger partial charge in [0.15, 0.2) is 0 Å². The lowest BCUT2D eigenvalue weighted by atomic mass is 9.85. The maximum atomic E-state index is 6.29. The molecule has 1 heterocycles. The van der Waals surface area contributed by atoms with E-state index in [2.05, 4.69) is 25.9 Å². The van der Waals surface area contributed by atoms with Crippen molar-refractivity contribution in [3.8, 4) is 0 Å². The second kappa shape index (κ2) is 5.42. The number of alkyl halides is 1. The van der Waals surface area contributed by atoms with Gasteiger partial charge in [-0.15, -0.1) is 11.6 Å². The van der Waals surface area contributed by atoms with Gasteiger partial charge in [0, 0.05) is 12.4 Å². The number of hydrogen-bond donors (Lipinski definition) is 0. The van der Waals surface area contributed by atoms with Crippen LogP contribution in [0, 0.1) is 12.3 Å². The molecule has 1 aromatic heterocycles. The van der Waals surface area contributed by atoms with Crippen LogP contribution in [0.4, 0.5) is 0 Å². The van der Waals surface area contributed by atoms with Gasteiger partial charge in [-0.2, -0.15) is 5.10 Å². The highest BCUT2D eigenvalue weighted by Crippen LogP contribution is 2.32. The Morgan fingerprint density at radius 2 is 2.00 bits per heavy atom. The Morgan fingerprint density at radius 3 is 2.44 bits per heavy atom. The molecular formula is C12H20Cl2N2. The van der Waals surface area contributed by atoms with Crippen LogP contribution in [0.25, 0.3) is 0 Å². The lowest BCUT2D eigenvalue weighted by Gasteiger charge is -2.25. The van der Waals surface area contributed by atoms with E-state index in [0.29, 0.717) is 5.88 Å². The molecule has 1 unspecified atom stereocenters. The van der Waals surface area contributed by atoms with E-state index >= 15 is 0 Å². The van der Waals surface area contributed by atoms with Crippen LogP contribution >= 0.6 is 23.2 Å². The quantitative estimate of drug-likeness (QED) is 0.732. The molecule has 1 rings (SSSR count). The van der Waals surface area contributed by atoms with Crippen LogP contribution in [0.5, 0.6) is 0 Å². The van der Waals surface area contributed by atoms with E-state index in [0.717, 1.165) is 35.8 Å². The lowest BCUT2D eigenvalue weighted by molar-refractivity contribution is 0.343. The van der Waals surface area contributed by atoms with E-state index in [1.54, 1.807) is 0 Å². The van der Waals surface area contributed by atoms with Crippen molar-refractivity contribution in [2.24, 2.45) is 5.41 Å². The molecule has 0 aliphatic carbocycles. The summed E-state index contributed by atoms with van der Waals surface area (Å²) in [6, 6.07) is 0. The third-order valence-corrected chi connectivity index (χ3v) is 4.36. The maximum Gasteiger partial charge on any atom is 0.0847 e. The smallest absolute Gasteiger partial charge is 0.0847 e. The van der Waals surface area contributed by atoms with Gasteiger partial charge in [0.1, 0.15) is 0 Å². The van der Waals surface area contributed by atoms with E-state index in [4.69, 9.17) is 23.2 Å². The molecular weight excluding hydrogens is 243 g/mol. The summed E-state index contributed by atoms with van der Waals surface area (Å²) in [4.78, 5) is 0. The molecule has 0 spiro atoms. The van der Waals surface area contributed by atoms with Crippen molar-refractivity contribution < 1.29 is 0 Å². The topological polar surface area (TPSA) is 17.8 Å². The summed E-state index contributed by atoms with van der Waals surface area (Å²) < 4.78 is 1.98. The minimum absolute atomic E-state index is 0.102. The SMILES string of the molecule is CCn1nc(C)c(Cl)c1CC(C)(CC)CCl. The van der Waals surface area contributed by atoms with Crippen molar-refractivity contribution in [3.05, 3.63) is 16.4 Å². The molecule has 4 heteroatoms. The van der Waals surface area contributed by atoms with E-state index in [1.165, 1.54) is 0 Å². The highest BCUT2D eigenvalue weighted by Gasteiger charge is 2.25. The summed E-state index contributed by atoms with van der Waals surface area (Å²) in [5, 5.41) is 5.22. The zero-order chi connectivity index (χ0) is 12.3. The standard InChI is InChI=1S/C12H20Cl2N2/c1-5-12(4,8-13)7-10-11(14)9(3)15-16(10)6-2/h5-8H2,1-4H3. The molecule has 1 aromatic rings. The first-order chi connectivity index (χ1) is 7.47. The number of hydrogen-bond acceptors (Lipinski definition) is 1. The minimum Gasteiger partial charge on any atom is -0.268 e. The second-order valence-corrected chi connectivity index (χ2v) is 5.28. The average molecular weight is 263 g/mol. The minimum atomic E-state index is 0.102. The zero-order valence-electron chi connectivity index (χ0n) is 10.5. The van der Waals surface area contributed by atoms with Gasteiger partial charge in [0.2, 0.25) is 0 Å².